The molecule has 156 valence electrons. The van der Waals surface area contributed by atoms with E-state index < -0.39 is 11.9 Å². The maximum Gasteiger partial charge on any atom is 0.321 e. The Hall–Kier alpha value is -3.13. The van der Waals surface area contributed by atoms with E-state index in [9.17, 15) is 9.59 Å². The van der Waals surface area contributed by atoms with Gasteiger partial charge in [0, 0.05) is 17.3 Å². The van der Waals surface area contributed by atoms with E-state index in [-0.39, 0.29) is 11.8 Å². The zero-order valence-electron chi connectivity index (χ0n) is 17.5. The Kier molecular flexibility index (Phi) is 6.89. The van der Waals surface area contributed by atoms with Crippen molar-refractivity contribution in [2.45, 2.75) is 38.9 Å². The third-order valence-corrected chi connectivity index (χ3v) is 5.17. The Labute approximate surface area is 180 Å². The van der Waals surface area contributed by atoms with E-state index in [1.165, 1.54) is 11.8 Å². The average molecular weight is 424 g/mol. The number of benzene rings is 2. The lowest BCUT2D eigenvalue weighted by atomic mass is 10.1. The molecule has 0 saturated carbocycles. The summed E-state index contributed by atoms with van der Waals surface area (Å²) in [5.41, 5.74) is 4.14. The van der Waals surface area contributed by atoms with Gasteiger partial charge in [0.15, 0.2) is 11.0 Å². The lowest BCUT2D eigenvalue weighted by Crippen LogP contribution is -2.43. The Morgan fingerprint density at radius 2 is 1.57 bits per heavy atom. The van der Waals surface area contributed by atoms with Gasteiger partial charge in [0.05, 0.1) is 5.75 Å². The molecule has 7 nitrogen and oxygen atoms in total. The monoisotopic (exact) mass is 423 g/mol. The highest BCUT2D eigenvalue weighted by atomic mass is 32.2. The molecule has 3 aromatic rings. The third kappa shape index (κ3) is 5.48. The molecule has 0 aliphatic carbocycles. The van der Waals surface area contributed by atoms with Crippen LogP contribution in [-0.2, 0) is 4.79 Å². The number of carbonyl (C=O) groups is 2. The minimum Gasteiger partial charge on any atom is -0.336 e. The van der Waals surface area contributed by atoms with Crippen molar-refractivity contribution in [3.63, 3.8) is 0 Å². The fourth-order valence-corrected chi connectivity index (χ4v) is 3.52. The van der Waals surface area contributed by atoms with Gasteiger partial charge < -0.3 is 5.32 Å². The summed E-state index contributed by atoms with van der Waals surface area (Å²) in [6.45, 7) is 7.72. The molecule has 0 aliphatic heterocycles. The summed E-state index contributed by atoms with van der Waals surface area (Å²) < 4.78 is 1.93. The van der Waals surface area contributed by atoms with Crippen LogP contribution in [0.15, 0.2) is 53.7 Å². The molecule has 1 aromatic heterocycles. The van der Waals surface area contributed by atoms with Crippen LogP contribution in [0.1, 0.15) is 25.0 Å². The van der Waals surface area contributed by atoms with E-state index in [1.54, 1.807) is 0 Å². The summed E-state index contributed by atoms with van der Waals surface area (Å²) in [5.74, 6) is 0.344. The number of rotatable bonds is 6. The van der Waals surface area contributed by atoms with E-state index in [0.29, 0.717) is 11.0 Å². The van der Waals surface area contributed by atoms with Gasteiger partial charge in [0.1, 0.15) is 0 Å². The topological polar surface area (TPSA) is 88.9 Å². The minimum absolute atomic E-state index is 0.0450. The van der Waals surface area contributed by atoms with Gasteiger partial charge in [0.25, 0.3) is 0 Å². The number of carbonyl (C=O) groups excluding carboxylic acids is 2. The van der Waals surface area contributed by atoms with Crippen LogP contribution in [0.4, 0.5) is 4.79 Å². The summed E-state index contributed by atoms with van der Waals surface area (Å²) in [5, 5.41) is 14.2. The highest BCUT2D eigenvalue weighted by molar-refractivity contribution is 7.99. The van der Waals surface area contributed by atoms with Crippen LogP contribution in [0.5, 0.6) is 0 Å². The zero-order valence-corrected chi connectivity index (χ0v) is 18.3. The first kappa shape index (κ1) is 21.6. The molecule has 0 fully saturated rings. The summed E-state index contributed by atoms with van der Waals surface area (Å²) >= 11 is 1.23. The molecule has 3 amide bonds. The van der Waals surface area contributed by atoms with Crippen molar-refractivity contribution in [3.8, 4) is 17.1 Å². The van der Waals surface area contributed by atoms with Gasteiger partial charge in [-0.25, -0.2) is 4.79 Å². The molecule has 0 radical (unpaired) electrons. The van der Waals surface area contributed by atoms with Gasteiger partial charge in [-0.1, -0.05) is 59.3 Å². The summed E-state index contributed by atoms with van der Waals surface area (Å²) in [4.78, 5) is 23.9. The van der Waals surface area contributed by atoms with Gasteiger partial charge in [-0.15, -0.1) is 10.2 Å². The lowest BCUT2D eigenvalue weighted by Gasteiger charge is -2.11. The zero-order chi connectivity index (χ0) is 21.7. The van der Waals surface area contributed by atoms with Crippen molar-refractivity contribution < 1.29 is 9.59 Å². The molecule has 0 atom stereocenters. The highest BCUT2D eigenvalue weighted by Crippen LogP contribution is 2.28. The molecule has 0 aliphatic rings. The van der Waals surface area contributed by atoms with Gasteiger partial charge in [-0.05, 0) is 39.8 Å². The van der Waals surface area contributed by atoms with Crippen LogP contribution in [0.25, 0.3) is 17.1 Å². The lowest BCUT2D eigenvalue weighted by molar-refractivity contribution is -0.117. The summed E-state index contributed by atoms with van der Waals surface area (Å²) in [6.07, 6.45) is 0. The quantitative estimate of drug-likeness (QED) is 0.588. The Bertz CT molecular complexity index is 1030. The molecule has 8 heteroatoms. The first-order valence-electron chi connectivity index (χ1n) is 9.66. The predicted molar refractivity (Wildman–Crippen MR) is 119 cm³/mol. The molecule has 0 bridgehead atoms. The second kappa shape index (κ2) is 9.58. The fraction of sp³-hybridized carbons (Fsp3) is 0.273. The normalized spacial score (nSPS) is 10.8. The maximum atomic E-state index is 12.2. The van der Waals surface area contributed by atoms with E-state index in [0.717, 1.165) is 22.4 Å². The Balaban J connectivity index is 1.85. The van der Waals surface area contributed by atoms with Gasteiger partial charge in [0.2, 0.25) is 5.91 Å². The number of hydrogen-bond donors (Lipinski definition) is 2. The van der Waals surface area contributed by atoms with E-state index in [1.807, 2.05) is 80.8 Å². The number of thioether (sulfide) groups is 1. The number of imide groups is 1. The SMILES string of the molecule is Cc1ccc(-c2nnc(SCC(=O)NC(=O)NC(C)C)n2-c2ccc(C)cc2)cc1. The molecule has 2 aromatic carbocycles. The second-order valence-electron chi connectivity index (χ2n) is 7.31. The van der Waals surface area contributed by atoms with Crippen LogP contribution >= 0.6 is 11.8 Å². The summed E-state index contributed by atoms with van der Waals surface area (Å²) in [7, 11) is 0. The molecule has 0 saturated heterocycles. The second-order valence-corrected chi connectivity index (χ2v) is 8.25. The van der Waals surface area contributed by atoms with E-state index >= 15 is 0 Å². The number of amides is 3. The predicted octanol–water partition coefficient (Wildman–Crippen LogP) is 3.88. The number of aromatic nitrogens is 3. The largest absolute Gasteiger partial charge is 0.336 e. The van der Waals surface area contributed by atoms with Crippen LogP contribution in [-0.4, -0.2) is 38.5 Å². The molecule has 1 heterocycles. The molecule has 2 N–H and O–H groups in total. The molecule has 3 rings (SSSR count). The summed E-state index contributed by atoms with van der Waals surface area (Å²) in [6, 6.07) is 15.5. The fourth-order valence-electron chi connectivity index (χ4n) is 2.77. The van der Waals surface area contributed by atoms with Crippen LogP contribution in [0, 0.1) is 13.8 Å². The number of nitrogens with zero attached hydrogens (tertiary/aromatic N) is 3. The minimum atomic E-state index is -0.504. The van der Waals surface area contributed by atoms with E-state index in [2.05, 4.69) is 20.8 Å². The van der Waals surface area contributed by atoms with Crippen molar-refractivity contribution in [2.24, 2.45) is 0 Å². The van der Waals surface area contributed by atoms with Crippen molar-refractivity contribution in [2.75, 3.05) is 5.75 Å². The first-order chi connectivity index (χ1) is 14.3. The average Bonchev–Trinajstić information content (AvgIpc) is 3.11. The first-order valence-corrected chi connectivity index (χ1v) is 10.6. The smallest absolute Gasteiger partial charge is 0.321 e. The van der Waals surface area contributed by atoms with Crippen molar-refractivity contribution in [1.29, 1.82) is 0 Å². The molecule has 0 spiro atoms. The Morgan fingerprint density at radius 1 is 0.967 bits per heavy atom. The van der Waals surface area contributed by atoms with E-state index in [4.69, 9.17) is 0 Å². The Morgan fingerprint density at radius 3 is 2.17 bits per heavy atom. The molecule has 0 unspecified atom stereocenters. The number of hydrogen-bond acceptors (Lipinski definition) is 5. The van der Waals surface area contributed by atoms with Crippen molar-refractivity contribution in [1.82, 2.24) is 25.4 Å². The molecule has 30 heavy (non-hydrogen) atoms. The number of aryl methyl sites for hydroxylation is 2. The van der Waals surface area contributed by atoms with Gasteiger partial charge >= 0.3 is 6.03 Å². The standard InChI is InChI=1S/C22H25N5O2S/c1-14(2)23-21(29)24-19(28)13-30-22-26-25-20(17-9-5-15(3)6-10-17)27(22)18-11-7-16(4)8-12-18/h5-12,14H,13H2,1-4H3,(H2,23,24,28,29). The maximum absolute atomic E-state index is 12.2. The van der Waals surface area contributed by atoms with Crippen LogP contribution in [0.3, 0.4) is 0 Å². The van der Waals surface area contributed by atoms with Crippen molar-refractivity contribution in [3.05, 3.63) is 59.7 Å². The van der Waals surface area contributed by atoms with Gasteiger partial charge in [-0.3, -0.25) is 14.7 Å². The van der Waals surface area contributed by atoms with Crippen LogP contribution < -0.4 is 10.6 Å². The third-order valence-electron chi connectivity index (χ3n) is 4.24. The molecular formula is C22H25N5O2S. The van der Waals surface area contributed by atoms with Crippen LogP contribution in [0.2, 0.25) is 0 Å². The number of nitrogens with one attached hydrogen (secondary N) is 2. The highest BCUT2D eigenvalue weighted by Gasteiger charge is 2.18. The van der Waals surface area contributed by atoms with Gasteiger partial charge in [-0.2, -0.15) is 0 Å². The number of urea groups is 1. The van der Waals surface area contributed by atoms with Crippen molar-refractivity contribution >= 4 is 23.7 Å². The molecular weight excluding hydrogens is 398 g/mol.